The summed E-state index contributed by atoms with van der Waals surface area (Å²) in [5.41, 5.74) is 3.90. The second-order valence-corrected chi connectivity index (χ2v) is 8.11. The summed E-state index contributed by atoms with van der Waals surface area (Å²) in [6, 6.07) is 15.2. The normalized spacial score (nSPS) is 11.6. The lowest BCUT2D eigenvalue weighted by atomic mass is 9.92. The van der Waals surface area contributed by atoms with E-state index in [1.54, 1.807) is 16.9 Å². The number of hydrogen-bond acceptors (Lipinski definition) is 5. The molecule has 4 rings (SSSR count). The van der Waals surface area contributed by atoms with Crippen molar-refractivity contribution in [3.8, 4) is 22.6 Å². The van der Waals surface area contributed by atoms with Crippen LogP contribution >= 0.6 is 0 Å². The van der Waals surface area contributed by atoms with Gasteiger partial charge in [-0.15, -0.1) is 10.2 Å². The minimum absolute atomic E-state index is 0.00292. The molecular formula is C22H22N6O. The first-order valence-electron chi connectivity index (χ1n) is 9.42. The maximum atomic E-state index is 12.3. The van der Waals surface area contributed by atoms with Crippen LogP contribution in [0.15, 0.2) is 60.9 Å². The molecule has 0 spiro atoms. The van der Waals surface area contributed by atoms with Crippen molar-refractivity contribution in [1.82, 2.24) is 24.8 Å². The standard InChI is InChI=1S/C22H22N6O/c1-22(2,3)14-20(29)24-17-6-4-5-16(13-17)18-7-8-19-25-26-21(28(19)27-18)15-9-11-23-12-10-15/h4-13H,14H2,1-3H3,(H,24,29). The van der Waals surface area contributed by atoms with Crippen molar-refractivity contribution in [2.75, 3.05) is 5.32 Å². The molecule has 7 nitrogen and oxygen atoms in total. The largest absolute Gasteiger partial charge is 0.326 e. The Bertz CT molecular complexity index is 1160. The number of hydrogen-bond donors (Lipinski definition) is 1. The van der Waals surface area contributed by atoms with E-state index in [2.05, 4.69) is 20.5 Å². The number of amides is 1. The monoisotopic (exact) mass is 386 g/mol. The number of anilines is 1. The van der Waals surface area contributed by atoms with Gasteiger partial charge in [-0.3, -0.25) is 9.78 Å². The number of nitrogens with zero attached hydrogens (tertiary/aromatic N) is 5. The molecule has 3 heterocycles. The number of nitrogens with one attached hydrogen (secondary N) is 1. The first-order chi connectivity index (χ1) is 13.9. The molecule has 146 valence electrons. The number of aromatic nitrogens is 5. The molecule has 0 aliphatic carbocycles. The number of carbonyl (C=O) groups excluding carboxylic acids is 1. The summed E-state index contributed by atoms with van der Waals surface area (Å²) in [6.07, 6.45) is 3.88. The van der Waals surface area contributed by atoms with Crippen LogP contribution in [0.25, 0.3) is 28.3 Å². The number of fused-ring (bicyclic) bond motifs is 1. The third-order valence-electron chi connectivity index (χ3n) is 4.33. The molecule has 0 fully saturated rings. The van der Waals surface area contributed by atoms with Gasteiger partial charge in [-0.25, -0.2) is 0 Å². The average molecular weight is 386 g/mol. The van der Waals surface area contributed by atoms with E-state index in [1.807, 2.05) is 69.3 Å². The fraction of sp³-hybridized carbons (Fsp3) is 0.227. The maximum absolute atomic E-state index is 12.3. The molecule has 3 aromatic heterocycles. The van der Waals surface area contributed by atoms with E-state index in [0.717, 1.165) is 22.5 Å². The molecule has 0 saturated carbocycles. The smallest absolute Gasteiger partial charge is 0.224 e. The summed E-state index contributed by atoms with van der Waals surface area (Å²) >= 11 is 0. The van der Waals surface area contributed by atoms with Gasteiger partial charge >= 0.3 is 0 Å². The Hall–Kier alpha value is -3.61. The van der Waals surface area contributed by atoms with Gasteiger partial charge in [-0.2, -0.15) is 9.61 Å². The topological polar surface area (TPSA) is 85.1 Å². The van der Waals surface area contributed by atoms with E-state index in [4.69, 9.17) is 5.10 Å². The van der Waals surface area contributed by atoms with Crippen molar-refractivity contribution in [3.05, 3.63) is 60.9 Å². The molecule has 0 aliphatic heterocycles. The van der Waals surface area contributed by atoms with Gasteiger partial charge in [0, 0.05) is 35.6 Å². The van der Waals surface area contributed by atoms with Gasteiger partial charge in [0.05, 0.1) is 5.69 Å². The van der Waals surface area contributed by atoms with Crippen molar-refractivity contribution < 1.29 is 4.79 Å². The highest BCUT2D eigenvalue weighted by molar-refractivity contribution is 5.91. The fourth-order valence-electron chi connectivity index (χ4n) is 3.07. The molecule has 29 heavy (non-hydrogen) atoms. The van der Waals surface area contributed by atoms with Crippen LogP contribution in [0.1, 0.15) is 27.2 Å². The second-order valence-electron chi connectivity index (χ2n) is 8.11. The van der Waals surface area contributed by atoms with Crippen LogP contribution in [-0.4, -0.2) is 30.7 Å². The lowest BCUT2D eigenvalue weighted by Crippen LogP contribution is -2.19. The zero-order chi connectivity index (χ0) is 20.4. The average Bonchev–Trinajstić information content (AvgIpc) is 3.10. The molecular weight excluding hydrogens is 364 g/mol. The van der Waals surface area contributed by atoms with Crippen LogP contribution in [0.3, 0.4) is 0 Å². The van der Waals surface area contributed by atoms with E-state index in [1.165, 1.54) is 0 Å². The molecule has 0 radical (unpaired) electrons. The quantitative estimate of drug-likeness (QED) is 0.567. The minimum Gasteiger partial charge on any atom is -0.326 e. The summed E-state index contributed by atoms with van der Waals surface area (Å²) in [5.74, 6) is 0.649. The summed E-state index contributed by atoms with van der Waals surface area (Å²) in [6.45, 7) is 6.13. The molecule has 0 atom stereocenters. The van der Waals surface area contributed by atoms with E-state index >= 15 is 0 Å². The number of rotatable bonds is 4. The third-order valence-corrected chi connectivity index (χ3v) is 4.33. The van der Waals surface area contributed by atoms with Crippen LogP contribution in [0.4, 0.5) is 5.69 Å². The van der Waals surface area contributed by atoms with Crippen LogP contribution in [0.2, 0.25) is 0 Å². The number of benzene rings is 1. The van der Waals surface area contributed by atoms with Crippen LogP contribution in [0.5, 0.6) is 0 Å². The van der Waals surface area contributed by atoms with Crippen LogP contribution in [-0.2, 0) is 4.79 Å². The summed E-state index contributed by atoms with van der Waals surface area (Å²) in [5, 5.41) is 16.1. The summed E-state index contributed by atoms with van der Waals surface area (Å²) < 4.78 is 1.72. The molecule has 7 heteroatoms. The Kier molecular flexibility index (Phi) is 4.80. The zero-order valence-electron chi connectivity index (χ0n) is 16.6. The second kappa shape index (κ2) is 7.43. The Morgan fingerprint density at radius 2 is 1.79 bits per heavy atom. The Morgan fingerprint density at radius 3 is 2.55 bits per heavy atom. The van der Waals surface area contributed by atoms with Gasteiger partial charge < -0.3 is 5.32 Å². The molecule has 1 aromatic carbocycles. The van der Waals surface area contributed by atoms with Crippen molar-refractivity contribution >= 4 is 17.2 Å². The van der Waals surface area contributed by atoms with Gasteiger partial charge in [0.1, 0.15) is 0 Å². The first-order valence-corrected chi connectivity index (χ1v) is 9.42. The SMILES string of the molecule is CC(C)(C)CC(=O)Nc1cccc(-c2ccc3nnc(-c4ccncc4)n3n2)c1. The molecule has 0 aliphatic rings. The maximum Gasteiger partial charge on any atom is 0.224 e. The van der Waals surface area contributed by atoms with E-state index in [9.17, 15) is 4.79 Å². The van der Waals surface area contributed by atoms with Gasteiger partial charge in [0.25, 0.3) is 0 Å². The molecule has 1 amide bonds. The van der Waals surface area contributed by atoms with Gasteiger partial charge in [0.15, 0.2) is 11.5 Å². The van der Waals surface area contributed by atoms with Crippen LogP contribution in [0, 0.1) is 5.41 Å². The van der Waals surface area contributed by atoms with Gasteiger partial charge in [-0.05, 0) is 41.8 Å². The predicted molar refractivity (Wildman–Crippen MR) is 112 cm³/mol. The van der Waals surface area contributed by atoms with Gasteiger partial charge in [-0.1, -0.05) is 32.9 Å². The van der Waals surface area contributed by atoms with Gasteiger partial charge in [0.2, 0.25) is 5.91 Å². The van der Waals surface area contributed by atoms with Crippen molar-refractivity contribution in [1.29, 1.82) is 0 Å². The lowest BCUT2D eigenvalue weighted by Gasteiger charge is -2.17. The molecule has 0 bridgehead atoms. The Balaban J connectivity index is 1.66. The highest BCUT2D eigenvalue weighted by Crippen LogP contribution is 2.24. The summed E-state index contributed by atoms with van der Waals surface area (Å²) in [7, 11) is 0. The van der Waals surface area contributed by atoms with Crippen LogP contribution < -0.4 is 5.32 Å². The summed E-state index contributed by atoms with van der Waals surface area (Å²) in [4.78, 5) is 16.3. The number of carbonyl (C=O) groups is 1. The molecule has 4 aromatic rings. The van der Waals surface area contributed by atoms with Crippen molar-refractivity contribution in [2.24, 2.45) is 5.41 Å². The molecule has 0 saturated heterocycles. The fourth-order valence-corrected chi connectivity index (χ4v) is 3.07. The highest BCUT2D eigenvalue weighted by Gasteiger charge is 2.16. The Morgan fingerprint density at radius 1 is 1.00 bits per heavy atom. The zero-order valence-corrected chi connectivity index (χ0v) is 16.6. The highest BCUT2D eigenvalue weighted by atomic mass is 16.1. The number of pyridine rings is 1. The molecule has 0 unspecified atom stereocenters. The first kappa shape index (κ1) is 18.7. The third kappa shape index (κ3) is 4.29. The van der Waals surface area contributed by atoms with Crippen molar-refractivity contribution in [2.45, 2.75) is 27.2 Å². The van der Waals surface area contributed by atoms with E-state index in [-0.39, 0.29) is 11.3 Å². The Labute approximate surface area is 168 Å². The molecule has 1 N–H and O–H groups in total. The predicted octanol–water partition coefficient (Wildman–Crippen LogP) is 4.23. The lowest BCUT2D eigenvalue weighted by molar-refractivity contribution is -0.117. The van der Waals surface area contributed by atoms with E-state index < -0.39 is 0 Å². The minimum atomic E-state index is -0.0634. The van der Waals surface area contributed by atoms with Crippen molar-refractivity contribution in [3.63, 3.8) is 0 Å². The van der Waals surface area contributed by atoms with E-state index in [0.29, 0.717) is 17.9 Å².